The summed E-state index contributed by atoms with van der Waals surface area (Å²) >= 11 is 0. The lowest BCUT2D eigenvalue weighted by Gasteiger charge is -2.15. The van der Waals surface area contributed by atoms with E-state index in [2.05, 4.69) is 73.7 Å². The van der Waals surface area contributed by atoms with Gasteiger partial charge in [0, 0.05) is 0 Å². The average molecular weight is 325 g/mol. The molecule has 0 unspecified atom stereocenters. The van der Waals surface area contributed by atoms with Gasteiger partial charge in [0.05, 0.1) is 11.6 Å². The zero-order valence-corrected chi connectivity index (χ0v) is 14.7. The Kier molecular flexibility index (Phi) is 5.65. The smallest absolute Gasteiger partial charge is 0.0991 e. The first-order valence-electron chi connectivity index (χ1n) is 9.01. The van der Waals surface area contributed by atoms with Crippen molar-refractivity contribution in [1.29, 1.82) is 5.26 Å². The number of unbranched alkanes of at least 4 members (excludes halogenated alkanes) is 2. The molecule has 124 valence electrons. The van der Waals surface area contributed by atoms with Gasteiger partial charge in [-0.15, -0.1) is 0 Å². The molecule has 0 atom stereocenters. The van der Waals surface area contributed by atoms with E-state index in [1.54, 1.807) is 0 Å². The highest BCUT2D eigenvalue weighted by Crippen LogP contribution is 2.34. The van der Waals surface area contributed by atoms with Crippen molar-refractivity contribution in [2.75, 3.05) is 0 Å². The van der Waals surface area contributed by atoms with E-state index in [4.69, 9.17) is 0 Å². The minimum atomic E-state index is 0.743. The molecule has 0 spiro atoms. The molecule has 0 amide bonds. The van der Waals surface area contributed by atoms with E-state index >= 15 is 0 Å². The fourth-order valence-corrected chi connectivity index (χ4v) is 3.29. The maximum absolute atomic E-state index is 9.28. The molecule has 3 aromatic carbocycles. The van der Waals surface area contributed by atoms with E-state index in [-0.39, 0.29) is 0 Å². The van der Waals surface area contributed by atoms with Crippen molar-refractivity contribution in [2.24, 2.45) is 0 Å². The summed E-state index contributed by atoms with van der Waals surface area (Å²) in [6.45, 7) is 2.22. The average Bonchev–Trinajstić information content (AvgIpc) is 2.69. The van der Waals surface area contributed by atoms with Crippen LogP contribution in [0.4, 0.5) is 0 Å². The van der Waals surface area contributed by atoms with Gasteiger partial charge in [-0.1, -0.05) is 80.4 Å². The van der Waals surface area contributed by atoms with Crippen LogP contribution in [-0.2, 0) is 6.42 Å². The van der Waals surface area contributed by atoms with Crippen LogP contribution in [0.2, 0.25) is 0 Å². The van der Waals surface area contributed by atoms with E-state index in [0.29, 0.717) is 0 Å². The second kappa shape index (κ2) is 8.31. The summed E-state index contributed by atoms with van der Waals surface area (Å²) in [5.74, 6) is 0. The van der Waals surface area contributed by atoms with Gasteiger partial charge >= 0.3 is 0 Å². The first-order chi connectivity index (χ1) is 12.3. The molecule has 0 aliphatic carbocycles. The van der Waals surface area contributed by atoms with Crippen molar-refractivity contribution in [3.8, 4) is 28.3 Å². The molecule has 25 heavy (non-hydrogen) atoms. The van der Waals surface area contributed by atoms with Crippen LogP contribution in [0.5, 0.6) is 0 Å². The van der Waals surface area contributed by atoms with Crippen LogP contribution < -0.4 is 0 Å². The van der Waals surface area contributed by atoms with E-state index in [9.17, 15) is 5.26 Å². The number of benzene rings is 3. The van der Waals surface area contributed by atoms with Crippen molar-refractivity contribution >= 4 is 0 Å². The Hall–Kier alpha value is -2.85. The number of nitrogens with zero attached hydrogens (tertiary/aromatic N) is 1. The first kappa shape index (κ1) is 17.0. The van der Waals surface area contributed by atoms with Crippen LogP contribution in [0.3, 0.4) is 0 Å². The van der Waals surface area contributed by atoms with Gasteiger partial charge in [0.25, 0.3) is 0 Å². The summed E-state index contributed by atoms with van der Waals surface area (Å²) in [7, 11) is 0. The van der Waals surface area contributed by atoms with Crippen LogP contribution in [0.15, 0.2) is 72.8 Å². The highest BCUT2D eigenvalue weighted by atomic mass is 14.2. The molecule has 0 N–H and O–H groups in total. The van der Waals surface area contributed by atoms with Crippen LogP contribution in [0.25, 0.3) is 22.3 Å². The van der Waals surface area contributed by atoms with Gasteiger partial charge in [-0.3, -0.25) is 0 Å². The molecule has 0 radical (unpaired) electrons. The van der Waals surface area contributed by atoms with E-state index < -0.39 is 0 Å². The lowest BCUT2D eigenvalue weighted by Crippen LogP contribution is -1.94. The monoisotopic (exact) mass is 325 g/mol. The third-order valence-electron chi connectivity index (χ3n) is 4.59. The van der Waals surface area contributed by atoms with Crippen LogP contribution in [0.1, 0.15) is 37.3 Å². The number of rotatable bonds is 6. The predicted molar refractivity (Wildman–Crippen MR) is 105 cm³/mol. The van der Waals surface area contributed by atoms with Crippen molar-refractivity contribution in [3.05, 3.63) is 83.9 Å². The summed E-state index contributed by atoms with van der Waals surface area (Å²) in [6, 6.07) is 27.4. The van der Waals surface area contributed by atoms with E-state index in [1.807, 2.05) is 12.1 Å². The molecule has 0 aliphatic rings. The Balaban J connectivity index is 2.09. The largest absolute Gasteiger partial charge is 0.192 e. The van der Waals surface area contributed by atoms with Crippen LogP contribution >= 0.6 is 0 Å². The third kappa shape index (κ3) is 3.98. The number of nitriles is 1. The fourth-order valence-electron chi connectivity index (χ4n) is 3.29. The third-order valence-corrected chi connectivity index (χ3v) is 4.59. The SMILES string of the molecule is CCCCCc1cc(C#N)ccc1-c1ccccc1-c1ccccc1. The molecular formula is C24H23N. The Morgan fingerprint density at radius 2 is 1.48 bits per heavy atom. The molecule has 0 saturated heterocycles. The molecule has 1 heteroatoms. The zero-order chi connectivity index (χ0) is 17.5. The molecular weight excluding hydrogens is 302 g/mol. The van der Waals surface area contributed by atoms with Crippen molar-refractivity contribution in [2.45, 2.75) is 32.6 Å². The van der Waals surface area contributed by atoms with Crippen molar-refractivity contribution in [3.63, 3.8) is 0 Å². The lowest BCUT2D eigenvalue weighted by atomic mass is 9.89. The van der Waals surface area contributed by atoms with Crippen molar-refractivity contribution in [1.82, 2.24) is 0 Å². The van der Waals surface area contributed by atoms with E-state index in [1.165, 1.54) is 40.7 Å². The molecule has 0 fully saturated rings. The summed E-state index contributed by atoms with van der Waals surface area (Å²) in [5.41, 5.74) is 6.97. The molecule has 1 nitrogen and oxygen atoms in total. The Bertz CT molecular complexity index is 872. The van der Waals surface area contributed by atoms with Gasteiger partial charge < -0.3 is 0 Å². The molecule has 0 saturated carbocycles. The standard InChI is InChI=1S/C24H23N/c1-2-3-5-12-21-17-19(18-25)15-16-23(21)24-14-9-8-13-22(24)20-10-6-4-7-11-20/h4,6-11,13-17H,2-3,5,12H2,1H3. The Morgan fingerprint density at radius 1 is 0.760 bits per heavy atom. The molecule has 3 aromatic rings. The van der Waals surface area contributed by atoms with Gasteiger partial charge in [-0.05, 0) is 52.8 Å². The number of aryl methyl sites for hydroxylation is 1. The van der Waals surface area contributed by atoms with Gasteiger partial charge in [0.15, 0.2) is 0 Å². The summed E-state index contributed by atoms with van der Waals surface area (Å²) in [5, 5.41) is 9.28. The lowest BCUT2D eigenvalue weighted by molar-refractivity contribution is 0.718. The van der Waals surface area contributed by atoms with Gasteiger partial charge in [0.1, 0.15) is 0 Å². The number of hydrogen-bond donors (Lipinski definition) is 0. The molecule has 0 bridgehead atoms. The highest BCUT2D eigenvalue weighted by Gasteiger charge is 2.11. The highest BCUT2D eigenvalue weighted by molar-refractivity contribution is 5.85. The second-order valence-corrected chi connectivity index (χ2v) is 6.35. The quantitative estimate of drug-likeness (QED) is 0.467. The number of hydrogen-bond acceptors (Lipinski definition) is 1. The second-order valence-electron chi connectivity index (χ2n) is 6.35. The minimum Gasteiger partial charge on any atom is -0.192 e. The molecule has 0 heterocycles. The predicted octanol–water partition coefficient (Wildman–Crippen LogP) is 6.62. The van der Waals surface area contributed by atoms with E-state index in [0.717, 1.165) is 18.4 Å². The van der Waals surface area contributed by atoms with Gasteiger partial charge in [-0.2, -0.15) is 5.26 Å². The Morgan fingerprint density at radius 3 is 2.20 bits per heavy atom. The minimum absolute atomic E-state index is 0.743. The first-order valence-corrected chi connectivity index (χ1v) is 9.01. The summed E-state index contributed by atoms with van der Waals surface area (Å²) in [6.07, 6.45) is 4.60. The molecule has 0 aliphatic heterocycles. The topological polar surface area (TPSA) is 23.8 Å². The van der Waals surface area contributed by atoms with Gasteiger partial charge in [-0.25, -0.2) is 0 Å². The van der Waals surface area contributed by atoms with Crippen molar-refractivity contribution < 1.29 is 0 Å². The van der Waals surface area contributed by atoms with Gasteiger partial charge in [0.2, 0.25) is 0 Å². The normalized spacial score (nSPS) is 10.4. The zero-order valence-electron chi connectivity index (χ0n) is 14.7. The maximum atomic E-state index is 9.28. The Labute approximate surface area is 150 Å². The molecule has 0 aromatic heterocycles. The van der Waals surface area contributed by atoms with Crippen LogP contribution in [-0.4, -0.2) is 0 Å². The summed E-state index contributed by atoms with van der Waals surface area (Å²) < 4.78 is 0. The molecule has 3 rings (SSSR count). The summed E-state index contributed by atoms with van der Waals surface area (Å²) in [4.78, 5) is 0. The van der Waals surface area contributed by atoms with Crippen LogP contribution in [0, 0.1) is 11.3 Å². The maximum Gasteiger partial charge on any atom is 0.0991 e. The fraction of sp³-hybridized carbons (Fsp3) is 0.208.